The molecule has 0 heterocycles. The molecule has 17 heavy (non-hydrogen) atoms. The van der Waals surface area contributed by atoms with Crippen LogP contribution in [0.25, 0.3) is 0 Å². The molecule has 0 fully saturated rings. The highest BCUT2D eigenvalue weighted by molar-refractivity contribution is 6.20. The predicted octanol–water partition coefficient (Wildman–Crippen LogP) is 3.04. The molecule has 1 aromatic rings. The number of benzene rings is 1. The van der Waals surface area contributed by atoms with E-state index in [0.29, 0.717) is 5.75 Å². The van der Waals surface area contributed by atoms with Gasteiger partial charge in [0.15, 0.2) is 0 Å². The Morgan fingerprint density at radius 3 is 2.71 bits per heavy atom. The van der Waals surface area contributed by atoms with Crippen LogP contribution in [0, 0.1) is 11.2 Å². The zero-order chi connectivity index (χ0) is 13.1. The van der Waals surface area contributed by atoms with Gasteiger partial charge >= 0.3 is 0 Å². The summed E-state index contributed by atoms with van der Waals surface area (Å²) in [5.41, 5.74) is -0.663. The largest absolute Gasteiger partial charge is 0.497 e. The highest BCUT2D eigenvalue weighted by atomic mass is 35.5. The number of ether oxygens (including phenoxy) is 1. The number of amides is 1. The topological polar surface area (TPSA) is 38.3 Å². The lowest BCUT2D eigenvalue weighted by Gasteiger charge is -2.20. The van der Waals surface area contributed by atoms with Crippen molar-refractivity contribution in [2.45, 2.75) is 13.8 Å². The highest BCUT2D eigenvalue weighted by Gasteiger charge is 2.27. The van der Waals surface area contributed by atoms with E-state index in [1.165, 1.54) is 25.3 Å². The van der Waals surface area contributed by atoms with E-state index in [9.17, 15) is 9.18 Å². The maximum absolute atomic E-state index is 13.5. The molecule has 1 rings (SSSR count). The van der Waals surface area contributed by atoms with Gasteiger partial charge in [0.25, 0.3) is 0 Å². The molecule has 0 unspecified atom stereocenters. The zero-order valence-corrected chi connectivity index (χ0v) is 10.8. The molecular weight excluding hydrogens is 245 g/mol. The first-order chi connectivity index (χ1) is 7.90. The molecule has 0 spiro atoms. The van der Waals surface area contributed by atoms with Gasteiger partial charge in [0, 0.05) is 11.9 Å². The first-order valence-electron chi connectivity index (χ1n) is 5.11. The molecule has 0 aromatic heterocycles. The molecule has 0 atom stereocenters. The summed E-state index contributed by atoms with van der Waals surface area (Å²) in [5, 5.41) is 2.50. The molecule has 0 saturated carbocycles. The van der Waals surface area contributed by atoms with Crippen molar-refractivity contribution in [3.05, 3.63) is 24.0 Å². The van der Waals surface area contributed by atoms with Crippen LogP contribution in [0.5, 0.6) is 5.75 Å². The van der Waals surface area contributed by atoms with E-state index in [4.69, 9.17) is 16.3 Å². The average Bonchev–Trinajstić information content (AvgIpc) is 2.31. The van der Waals surface area contributed by atoms with Crippen molar-refractivity contribution >= 4 is 23.2 Å². The fourth-order valence-corrected chi connectivity index (χ4v) is 1.20. The third-order valence-corrected chi connectivity index (χ3v) is 3.04. The Morgan fingerprint density at radius 1 is 1.53 bits per heavy atom. The summed E-state index contributed by atoms with van der Waals surface area (Å²) >= 11 is 5.67. The molecule has 1 amide bonds. The van der Waals surface area contributed by atoms with Gasteiger partial charge in [-0.25, -0.2) is 4.39 Å². The fourth-order valence-electron chi connectivity index (χ4n) is 1.08. The summed E-state index contributed by atoms with van der Waals surface area (Å²) in [4.78, 5) is 11.8. The lowest BCUT2D eigenvalue weighted by molar-refractivity contribution is -0.123. The molecule has 0 radical (unpaired) electrons. The summed E-state index contributed by atoms with van der Waals surface area (Å²) in [6.07, 6.45) is 0. The Hall–Kier alpha value is -1.29. The van der Waals surface area contributed by atoms with Crippen molar-refractivity contribution in [1.82, 2.24) is 0 Å². The number of methoxy groups -OCH3 is 1. The van der Waals surface area contributed by atoms with Gasteiger partial charge in [-0.05, 0) is 26.0 Å². The van der Waals surface area contributed by atoms with Crippen molar-refractivity contribution in [2.24, 2.45) is 5.41 Å². The third-order valence-electron chi connectivity index (χ3n) is 2.37. The first kappa shape index (κ1) is 13.8. The van der Waals surface area contributed by atoms with Crippen molar-refractivity contribution in [2.75, 3.05) is 18.3 Å². The second kappa shape index (κ2) is 5.36. The number of anilines is 1. The highest BCUT2D eigenvalue weighted by Crippen LogP contribution is 2.24. The van der Waals surface area contributed by atoms with Gasteiger partial charge in [-0.15, -0.1) is 11.6 Å². The number of halogens is 2. The average molecular weight is 260 g/mol. The standard InChI is InChI=1S/C12H15ClFNO2/c1-12(2,7-13)11(16)15-10-6-8(17-3)4-5-9(10)14/h4-6H,7H2,1-3H3,(H,15,16). The fraction of sp³-hybridized carbons (Fsp3) is 0.417. The molecule has 3 nitrogen and oxygen atoms in total. The lowest BCUT2D eigenvalue weighted by Crippen LogP contribution is -2.32. The Labute approximate surface area is 105 Å². The quantitative estimate of drug-likeness (QED) is 0.844. The van der Waals surface area contributed by atoms with Crippen LogP contribution >= 0.6 is 11.6 Å². The van der Waals surface area contributed by atoms with Gasteiger partial charge in [-0.2, -0.15) is 0 Å². The van der Waals surface area contributed by atoms with E-state index in [-0.39, 0.29) is 17.5 Å². The maximum Gasteiger partial charge on any atom is 0.231 e. The summed E-state index contributed by atoms with van der Waals surface area (Å²) in [6.45, 7) is 3.38. The molecule has 1 aromatic carbocycles. The van der Waals surface area contributed by atoms with Gasteiger partial charge in [0.2, 0.25) is 5.91 Å². The van der Waals surface area contributed by atoms with Crippen LogP contribution in [0.4, 0.5) is 10.1 Å². The van der Waals surface area contributed by atoms with Crippen molar-refractivity contribution < 1.29 is 13.9 Å². The van der Waals surface area contributed by atoms with E-state index in [1.54, 1.807) is 13.8 Å². The van der Waals surface area contributed by atoms with Crippen molar-refractivity contribution in [3.8, 4) is 5.75 Å². The number of hydrogen-bond acceptors (Lipinski definition) is 2. The monoisotopic (exact) mass is 259 g/mol. The minimum absolute atomic E-state index is 0.0903. The Balaban J connectivity index is 2.91. The molecule has 0 aliphatic heterocycles. The molecular formula is C12H15ClFNO2. The first-order valence-corrected chi connectivity index (χ1v) is 5.65. The van der Waals surface area contributed by atoms with E-state index in [2.05, 4.69) is 5.32 Å². The molecule has 0 saturated heterocycles. The second-order valence-corrected chi connectivity index (χ2v) is 4.58. The van der Waals surface area contributed by atoms with E-state index < -0.39 is 11.2 Å². The molecule has 1 N–H and O–H groups in total. The van der Waals surface area contributed by atoms with Crippen LogP contribution in [0.15, 0.2) is 18.2 Å². The summed E-state index contributed by atoms with van der Waals surface area (Å²) in [6, 6.07) is 4.15. The van der Waals surface area contributed by atoms with Gasteiger partial charge < -0.3 is 10.1 Å². The molecule has 5 heteroatoms. The molecule has 94 valence electrons. The van der Waals surface area contributed by atoms with Crippen LogP contribution < -0.4 is 10.1 Å². The number of carbonyl (C=O) groups is 1. The van der Waals surface area contributed by atoms with Gasteiger partial charge in [0.05, 0.1) is 18.2 Å². The van der Waals surface area contributed by atoms with Gasteiger partial charge in [-0.1, -0.05) is 0 Å². The second-order valence-electron chi connectivity index (χ2n) is 4.32. The molecule has 0 aliphatic rings. The van der Waals surface area contributed by atoms with E-state index in [1.807, 2.05) is 0 Å². The number of rotatable bonds is 4. The normalized spacial score (nSPS) is 11.1. The molecule has 0 aliphatic carbocycles. The van der Waals surface area contributed by atoms with Crippen LogP contribution in [-0.4, -0.2) is 18.9 Å². The van der Waals surface area contributed by atoms with Crippen molar-refractivity contribution in [1.29, 1.82) is 0 Å². The summed E-state index contributed by atoms with van der Waals surface area (Å²) in [7, 11) is 1.47. The zero-order valence-electron chi connectivity index (χ0n) is 10.0. The number of carbonyl (C=O) groups excluding carboxylic acids is 1. The van der Waals surface area contributed by atoms with E-state index in [0.717, 1.165) is 0 Å². The van der Waals surface area contributed by atoms with E-state index >= 15 is 0 Å². The third kappa shape index (κ3) is 3.33. The Morgan fingerprint density at radius 2 is 2.18 bits per heavy atom. The molecule has 0 bridgehead atoms. The SMILES string of the molecule is COc1ccc(F)c(NC(=O)C(C)(C)CCl)c1. The van der Waals surface area contributed by atoms with Crippen LogP contribution in [0.2, 0.25) is 0 Å². The Kier molecular flexibility index (Phi) is 4.34. The summed E-state index contributed by atoms with van der Waals surface area (Å²) in [5.74, 6) is -0.209. The summed E-state index contributed by atoms with van der Waals surface area (Å²) < 4.78 is 18.4. The minimum atomic E-state index is -0.753. The van der Waals surface area contributed by atoms with Crippen molar-refractivity contribution in [3.63, 3.8) is 0 Å². The van der Waals surface area contributed by atoms with Gasteiger partial charge in [-0.3, -0.25) is 4.79 Å². The number of nitrogens with one attached hydrogen (secondary N) is 1. The minimum Gasteiger partial charge on any atom is -0.497 e. The van der Waals surface area contributed by atoms with Crippen LogP contribution in [0.1, 0.15) is 13.8 Å². The van der Waals surface area contributed by atoms with Gasteiger partial charge in [0.1, 0.15) is 11.6 Å². The maximum atomic E-state index is 13.5. The lowest BCUT2D eigenvalue weighted by atomic mass is 9.95. The number of alkyl halides is 1. The Bertz CT molecular complexity index is 421. The predicted molar refractivity (Wildman–Crippen MR) is 66.1 cm³/mol. The van der Waals surface area contributed by atoms with Crippen LogP contribution in [0.3, 0.4) is 0 Å². The number of hydrogen-bond donors (Lipinski definition) is 1. The smallest absolute Gasteiger partial charge is 0.231 e. The van der Waals surface area contributed by atoms with Crippen LogP contribution in [-0.2, 0) is 4.79 Å².